The fraction of sp³-hybridized carbons (Fsp3) is 0.471. The second-order valence-electron chi connectivity index (χ2n) is 5.85. The van der Waals surface area contributed by atoms with Crippen molar-refractivity contribution < 1.29 is 4.74 Å². The van der Waals surface area contributed by atoms with Crippen LogP contribution in [0.15, 0.2) is 35.6 Å². The molecule has 1 fully saturated rings. The Morgan fingerprint density at radius 1 is 1.24 bits per heavy atom. The van der Waals surface area contributed by atoms with Crippen molar-refractivity contribution in [3.05, 3.63) is 36.4 Å². The molecular formula is C17H25N7O. The summed E-state index contributed by atoms with van der Waals surface area (Å²) in [4.78, 5) is 13.3. The Hall–Kier alpha value is -2.77. The lowest BCUT2D eigenvalue weighted by Gasteiger charge is -2.38. The predicted octanol–water partition coefficient (Wildman–Crippen LogP) is 0.721. The number of nitrogens with one attached hydrogen (secondary N) is 1. The molecule has 1 aromatic carbocycles. The summed E-state index contributed by atoms with van der Waals surface area (Å²) in [6.07, 6.45) is 1.56. The molecule has 25 heavy (non-hydrogen) atoms. The number of rotatable bonds is 4. The van der Waals surface area contributed by atoms with E-state index in [9.17, 15) is 0 Å². The quantitative estimate of drug-likeness (QED) is 0.652. The molecule has 0 atom stereocenters. The number of guanidine groups is 1. The second kappa shape index (κ2) is 7.87. The molecule has 8 nitrogen and oxygen atoms in total. The Kier molecular flexibility index (Phi) is 5.37. The van der Waals surface area contributed by atoms with Crippen molar-refractivity contribution in [2.24, 2.45) is 12.0 Å². The maximum Gasteiger partial charge on any atom is 0.194 e. The van der Waals surface area contributed by atoms with Gasteiger partial charge in [0.25, 0.3) is 0 Å². The van der Waals surface area contributed by atoms with E-state index in [1.54, 1.807) is 18.1 Å². The lowest BCUT2D eigenvalue weighted by atomic mass is 10.2. The molecule has 1 aromatic heterocycles. The van der Waals surface area contributed by atoms with Gasteiger partial charge in [-0.2, -0.15) is 5.10 Å². The van der Waals surface area contributed by atoms with Crippen LogP contribution in [-0.2, 0) is 13.6 Å². The van der Waals surface area contributed by atoms with Crippen LogP contribution >= 0.6 is 0 Å². The molecule has 3 rings (SSSR count). The van der Waals surface area contributed by atoms with Crippen LogP contribution in [0.3, 0.4) is 0 Å². The van der Waals surface area contributed by atoms with E-state index in [1.807, 2.05) is 32.3 Å². The molecule has 2 heterocycles. The first kappa shape index (κ1) is 17.1. The number of piperazine rings is 1. The van der Waals surface area contributed by atoms with E-state index >= 15 is 0 Å². The van der Waals surface area contributed by atoms with Crippen LogP contribution in [0.2, 0.25) is 0 Å². The number of hydrogen-bond donors (Lipinski definition) is 1. The second-order valence-corrected chi connectivity index (χ2v) is 5.85. The number of ether oxygens (including phenoxy) is 1. The highest BCUT2D eigenvalue weighted by molar-refractivity contribution is 5.80. The van der Waals surface area contributed by atoms with Crippen LogP contribution in [0.1, 0.15) is 5.82 Å². The summed E-state index contributed by atoms with van der Waals surface area (Å²) in [5.41, 5.74) is 1.15. The molecule has 0 aliphatic carbocycles. The number of methoxy groups -OCH3 is 1. The molecule has 8 heteroatoms. The maximum atomic E-state index is 5.48. The van der Waals surface area contributed by atoms with Crippen LogP contribution in [0, 0.1) is 0 Å². The molecule has 1 saturated heterocycles. The average Bonchev–Trinajstić information content (AvgIpc) is 3.07. The van der Waals surface area contributed by atoms with Gasteiger partial charge < -0.3 is 19.9 Å². The number of aromatic nitrogens is 3. The molecule has 0 bridgehead atoms. The van der Waals surface area contributed by atoms with Crippen LogP contribution in [-0.4, -0.2) is 66.0 Å². The molecule has 1 aliphatic heterocycles. The standard InChI is InChI=1S/C17H25N7O/c1-18-17(19-12-16-20-13-21-22(16)2)24-10-8-23(9-11-24)14-6-4-5-7-15(14)25-3/h4-7,13H,8-12H2,1-3H3,(H,18,19). The fourth-order valence-corrected chi connectivity index (χ4v) is 3.02. The van der Waals surface area contributed by atoms with Crippen LogP contribution < -0.4 is 15.0 Å². The van der Waals surface area contributed by atoms with E-state index < -0.39 is 0 Å². The van der Waals surface area contributed by atoms with Crippen molar-refractivity contribution in [1.82, 2.24) is 25.0 Å². The SMILES string of the molecule is CN=C(NCc1ncnn1C)N1CCN(c2ccccc2OC)CC1. The first-order valence-corrected chi connectivity index (χ1v) is 8.39. The monoisotopic (exact) mass is 343 g/mol. The van der Waals surface area contributed by atoms with E-state index in [0.29, 0.717) is 6.54 Å². The van der Waals surface area contributed by atoms with Gasteiger partial charge in [0, 0.05) is 40.3 Å². The molecule has 0 saturated carbocycles. The first-order chi connectivity index (χ1) is 12.2. The van der Waals surface area contributed by atoms with Crippen molar-refractivity contribution in [1.29, 1.82) is 0 Å². The van der Waals surface area contributed by atoms with E-state index in [4.69, 9.17) is 4.74 Å². The summed E-state index contributed by atoms with van der Waals surface area (Å²) in [6.45, 7) is 4.25. The fourth-order valence-electron chi connectivity index (χ4n) is 3.02. The Bertz CT molecular complexity index is 719. The Morgan fingerprint density at radius 2 is 2.00 bits per heavy atom. The van der Waals surface area contributed by atoms with Crippen LogP contribution in [0.4, 0.5) is 5.69 Å². The third-order valence-electron chi connectivity index (χ3n) is 4.43. The summed E-state index contributed by atoms with van der Waals surface area (Å²) < 4.78 is 7.24. The van der Waals surface area contributed by atoms with E-state index in [0.717, 1.165) is 49.4 Å². The maximum absolute atomic E-state index is 5.48. The zero-order valence-electron chi connectivity index (χ0n) is 15.0. The molecular weight excluding hydrogens is 318 g/mol. The smallest absolute Gasteiger partial charge is 0.194 e. The van der Waals surface area contributed by atoms with E-state index in [2.05, 4.69) is 36.3 Å². The van der Waals surface area contributed by atoms with Crippen LogP contribution in [0.5, 0.6) is 5.75 Å². The van der Waals surface area contributed by atoms with Crippen molar-refractivity contribution in [3.63, 3.8) is 0 Å². The Morgan fingerprint density at radius 3 is 2.64 bits per heavy atom. The van der Waals surface area contributed by atoms with E-state index in [-0.39, 0.29) is 0 Å². The van der Waals surface area contributed by atoms with Crippen molar-refractivity contribution in [3.8, 4) is 5.75 Å². The van der Waals surface area contributed by atoms with Crippen molar-refractivity contribution in [2.75, 3.05) is 45.2 Å². The van der Waals surface area contributed by atoms with Gasteiger partial charge in [0.1, 0.15) is 17.9 Å². The highest BCUT2D eigenvalue weighted by Crippen LogP contribution is 2.28. The third kappa shape index (κ3) is 3.84. The minimum absolute atomic E-state index is 0.607. The zero-order chi connectivity index (χ0) is 17.6. The van der Waals surface area contributed by atoms with Gasteiger partial charge in [-0.05, 0) is 12.1 Å². The van der Waals surface area contributed by atoms with Gasteiger partial charge in [0.05, 0.1) is 19.3 Å². The van der Waals surface area contributed by atoms with Crippen molar-refractivity contribution >= 4 is 11.6 Å². The molecule has 1 N–H and O–H groups in total. The van der Waals surface area contributed by atoms with Gasteiger partial charge in [0.2, 0.25) is 0 Å². The zero-order valence-corrected chi connectivity index (χ0v) is 15.0. The molecule has 0 amide bonds. The number of aryl methyl sites for hydroxylation is 1. The Labute approximate surface area is 148 Å². The van der Waals surface area contributed by atoms with Gasteiger partial charge in [-0.25, -0.2) is 4.98 Å². The number of aliphatic imine (C=N–C) groups is 1. The normalized spacial score (nSPS) is 15.4. The summed E-state index contributed by atoms with van der Waals surface area (Å²) in [5.74, 6) is 2.69. The third-order valence-corrected chi connectivity index (χ3v) is 4.43. The molecule has 0 spiro atoms. The minimum Gasteiger partial charge on any atom is -0.495 e. The molecule has 134 valence electrons. The number of para-hydroxylation sites is 2. The topological polar surface area (TPSA) is 70.8 Å². The summed E-state index contributed by atoms with van der Waals surface area (Å²) in [6, 6.07) is 8.15. The summed E-state index contributed by atoms with van der Waals surface area (Å²) in [7, 11) is 5.41. The number of nitrogens with zero attached hydrogens (tertiary/aromatic N) is 6. The highest BCUT2D eigenvalue weighted by Gasteiger charge is 2.21. The van der Waals surface area contributed by atoms with Crippen LogP contribution in [0.25, 0.3) is 0 Å². The average molecular weight is 343 g/mol. The lowest BCUT2D eigenvalue weighted by molar-refractivity contribution is 0.366. The largest absolute Gasteiger partial charge is 0.495 e. The number of benzene rings is 1. The van der Waals surface area contributed by atoms with Gasteiger partial charge in [0.15, 0.2) is 5.96 Å². The molecule has 2 aromatic rings. The number of hydrogen-bond acceptors (Lipinski definition) is 5. The van der Waals surface area contributed by atoms with Gasteiger partial charge >= 0.3 is 0 Å². The Balaban J connectivity index is 1.58. The molecule has 0 radical (unpaired) electrons. The first-order valence-electron chi connectivity index (χ1n) is 8.39. The highest BCUT2D eigenvalue weighted by atomic mass is 16.5. The number of anilines is 1. The summed E-state index contributed by atoms with van der Waals surface area (Å²) >= 11 is 0. The molecule has 1 aliphatic rings. The predicted molar refractivity (Wildman–Crippen MR) is 98.0 cm³/mol. The van der Waals surface area contributed by atoms with Crippen molar-refractivity contribution in [2.45, 2.75) is 6.54 Å². The minimum atomic E-state index is 0.607. The van der Waals surface area contributed by atoms with Gasteiger partial charge in [-0.15, -0.1) is 0 Å². The van der Waals surface area contributed by atoms with E-state index in [1.165, 1.54) is 0 Å². The summed E-state index contributed by atoms with van der Waals surface area (Å²) in [5, 5.41) is 7.46. The lowest BCUT2D eigenvalue weighted by Crippen LogP contribution is -2.52. The van der Waals surface area contributed by atoms with Gasteiger partial charge in [-0.3, -0.25) is 9.67 Å². The van der Waals surface area contributed by atoms with Gasteiger partial charge in [-0.1, -0.05) is 12.1 Å². The molecule has 0 unspecified atom stereocenters.